The third-order valence-corrected chi connectivity index (χ3v) is 1.38. The Kier molecular flexibility index (Phi) is 36.1. The second-order valence-corrected chi connectivity index (χ2v) is 3.91. The molecule has 0 heterocycles. The average Bonchev–Trinajstić information content (AvgIpc) is 2.28. The normalized spacial score (nSPS) is 7.39. The van der Waals surface area contributed by atoms with Gasteiger partial charge in [-0.05, 0) is 20.3 Å². The van der Waals surface area contributed by atoms with E-state index in [0.717, 1.165) is 19.4 Å². The van der Waals surface area contributed by atoms with E-state index in [1.54, 1.807) is 11.8 Å². The maximum absolute atomic E-state index is 10.6. The zero-order valence-electron chi connectivity index (χ0n) is 14.1. The zero-order chi connectivity index (χ0) is 15.6. The molecule has 0 spiro atoms. The molecule has 0 saturated heterocycles. The number of hydrogen-bond donors (Lipinski definition) is 0. The van der Waals surface area contributed by atoms with E-state index in [-0.39, 0.29) is 11.7 Å². The van der Waals surface area contributed by atoms with Gasteiger partial charge in [0, 0.05) is 20.5 Å². The maximum atomic E-state index is 10.6. The molecule has 3 nitrogen and oxygen atoms in total. The van der Waals surface area contributed by atoms with Crippen molar-refractivity contribution in [2.24, 2.45) is 0 Å². The van der Waals surface area contributed by atoms with Gasteiger partial charge < -0.3 is 9.69 Å². The summed E-state index contributed by atoms with van der Waals surface area (Å²) < 4.78 is 0. The number of nitrogens with zero attached hydrogens (tertiary/aromatic N) is 1. The van der Waals surface area contributed by atoms with Crippen LogP contribution in [0.15, 0.2) is 0 Å². The molecule has 0 aromatic heterocycles. The Morgan fingerprint density at radius 1 is 0.944 bits per heavy atom. The predicted octanol–water partition coefficient (Wildman–Crippen LogP) is 4.30. The highest BCUT2D eigenvalue weighted by Gasteiger charge is 1.98. The summed E-state index contributed by atoms with van der Waals surface area (Å²) in [6, 6.07) is 0. The first-order valence-electron chi connectivity index (χ1n) is 7.02. The highest BCUT2D eigenvalue weighted by Crippen LogP contribution is 1.90. The molecule has 3 heteroatoms. The molecule has 0 fully saturated rings. The number of Topliss-reactive ketones (excluding diaryl/α,β-unsaturated/α-hetero) is 1. The van der Waals surface area contributed by atoms with Crippen LogP contribution >= 0.6 is 0 Å². The van der Waals surface area contributed by atoms with Crippen molar-refractivity contribution in [1.29, 1.82) is 0 Å². The number of ketones is 1. The Labute approximate surface area is 115 Å². The summed E-state index contributed by atoms with van der Waals surface area (Å²) in [6.45, 7) is 15.9. The number of carbonyl (C=O) groups excluding carboxylic acids is 2. The van der Waals surface area contributed by atoms with E-state index in [4.69, 9.17) is 0 Å². The van der Waals surface area contributed by atoms with E-state index >= 15 is 0 Å². The van der Waals surface area contributed by atoms with Crippen LogP contribution in [-0.2, 0) is 9.59 Å². The van der Waals surface area contributed by atoms with Crippen LogP contribution in [0.5, 0.6) is 0 Å². The average molecular weight is 261 g/mol. The number of amides is 1. The summed E-state index contributed by atoms with van der Waals surface area (Å²) in [5, 5.41) is 0. The van der Waals surface area contributed by atoms with Crippen LogP contribution in [0.3, 0.4) is 0 Å². The largest absolute Gasteiger partial charge is 0.346 e. The smallest absolute Gasteiger partial charge is 0.219 e. The molecule has 0 bridgehead atoms. The fourth-order valence-electron chi connectivity index (χ4n) is 0.553. The van der Waals surface area contributed by atoms with E-state index in [0.29, 0.717) is 0 Å². The third-order valence-electron chi connectivity index (χ3n) is 1.38. The van der Waals surface area contributed by atoms with Crippen LogP contribution in [0, 0.1) is 0 Å². The number of unbranched alkanes of at least 4 members (excludes halogenated alkanes) is 1. The van der Waals surface area contributed by atoms with Crippen molar-refractivity contribution < 1.29 is 9.59 Å². The molecule has 0 aliphatic carbocycles. The summed E-state index contributed by atoms with van der Waals surface area (Å²) in [6.07, 6.45) is 3.51. The van der Waals surface area contributed by atoms with Crippen molar-refractivity contribution in [2.45, 2.75) is 74.7 Å². The van der Waals surface area contributed by atoms with Gasteiger partial charge in [0.05, 0.1) is 0 Å². The fourth-order valence-corrected chi connectivity index (χ4v) is 0.553. The standard InChI is InChI=1S/C7H15NO.C3H6O.C3H8.C2H6/c1-4-5-6-8(3)7(2)9;1-3(2)4;1-3-2;1-2/h4-6H2,1-3H3;1-2H3;3H2,1-2H3;1-2H3. The summed E-state index contributed by atoms with van der Waals surface area (Å²) in [5.41, 5.74) is 0. The third kappa shape index (κ3) is 59.4. The van der Waals surface area contributed by atoms with E-state index in [2.05, 4.69) is 20.8 Å². The lowest BCUT2D eigenvalue weighted by Gasteiger charge is -2.12. The Hall–Kier alpha value is -0.860. The van der Waals surface area contributed by atoms with Crippen molar-refractivity contribution in [3.05, 3.63) is 0 Å². The minimum Gasteiger partial charge on any atom is -0.346 e. The Morgan fingerprint density at radius 3 is 1.39 bits per heavy atom. The molecule has 0 aromatic rings. The van der Waals surface area contributed by atoms with Gasteiger partial charge in [0.15, 0.2) is 0 Å². The molecule has 0 unspecified atom stereocenters. The molecule has 0 aliphatic rings. The monoisotopic (exact) mass is 261 g/mol. The summed E-state index contributed by atoms with van der Waals surface area (Å²) in [7, 11) is 1.83. The van der Waals surface area contributed by atoms with E-state index in [1.165, 1.54) is 20.3 Å². The Balaban J connectivity index is -0.0000000909. The van der Waals surface area contributed by atoms with Gasteiger partial charge in [-0.25, -0.2) is 0 Å². The number of rotatable bonds is 3. The Bertz CT molecular complexity index is 164. The summed E-state index contributed by atoms with van der Waals surface area (Å²) >= 11 is 0. The summed E-state index contributed by atoms with van der Waals surface area (Å²) in [4.78, 5) is 21.8. The lowest BCUT2D eigenvalue weighted by molar-refractivity contribution is -0.127. The topological polar surface area (TPSA) is 37.4 Å². The van der Waals surface area contributed by atoms with Gasteiger partial charge in [-0.3, -0.25) is 4.79 Å². The second kappa shape index (κ2) is 25.1. The fraction of sp³-hybridized carbons (Fsp3) is 0.867. The van der Waals surface area contributed by atoms with E-state index < -0.39 is 0 Å². The van der Waals surface area contributed by atoms with Crippen LogP contribution in [0.4, 0.5) is 0 Å². The minimum absolute atomic E-state index is 0.156. The van der Waals surface area contributed by atoms with Gasteiger partial charge >= 0.3 is 0 Å². The molecule has 0 atom stereocenters. The quantitative estimate of drug-likeness (QED) is 0.759. The minimum atomic E-state index is 0.156. The van der Waals surface area contributed by atoms with Crippen LogP contribution in [-0.4, -0.2) is 30.2 Å². The molecule has 0 saturated carbocycles. The van der Waals surface area contributed by atoms with Crippen molar-refractivity contribution in [3.63, 3.8) is 0 Å². The predicted molar refractivity (Wildman–Crippen MR) is 81.9 cm³/mol. The highest BCUT2D eigenvalue weighted by atomic mass is 16.2. The number of hydrogen-bond acceptors (Lipinski definition) is 2. The molecule has 1 amide bonds. The molecule has 0 rings (SSSR count). The molecule has 0 N–H and O–H groups in total. The molecule has 0 aliphatic heterocycles. The first-order valence-corrected chi connectivity index (χ1v) is 7.02. The molecular formula is C15H35NO2. The molecule has 0 aromatic carbocycles. The summed E-state index contributed by atoms with van der Waals surface area (Å²) in [5.74, 6) is 0.323. The number of carbonyl (C=O) groups is 2. The van der Waals surface area contributed by atoms with E-state index in [1.807, 2.05) is 20.9 Å². The first kappa shape index (κ1) is 25.9. The molecule has 0 radical (unpaired) electrons. The lowest BCUT2D eigenvalue weighted by atomic mass is 10.3. The lowest BCUT2D eigenvalue weighted by Crippen LogP contribution is -2.24. The zero-order valence-corrected chi connectivity index (χ0v) is 14.1. The van der Waals surface area contributed by atoms with Gasteiger partial charge in [-0.2, -0.15) is 0 Å². The maximum Gasteiger partial charge on any atom is 0.219 e. The molecular weight excluding hydrogens is 226 g/mol. The Morgan fingerprint density at radius 2 is 1.22 bits per heavy atom. The first-order chi connectivity index (χ1) is 8.33. The van der Waals surface area contributed by atoms with Crippen LogP contribution in [0.1, 0.15) is 74.7 Å². The van der Waals surface area contributed by atoms with Gasteiger partial charge in [0.2, 0.25) is 5.91 Å². The SMILES string of the molecule is CC.CC(C)=O.CCC.CCCCN(C)C(C)=O. The van der Waals surface area contributed by atoms with Gasteiger partial charge in [0.25, 0.3) is 0 Å². The van der Waals surface area contributed by atoms with Crippen LogP contribution < -0.4 is 0 Å². The van der Waals surface area contributed by atoms with Crippen molar-refractivity contribution in [3.8, 4) is 0 Å². The van der Waals surface area contributed by atoms with E-state index in [9.17, 15) is 9.59 Å². The van der Waals surface area contributed by atoms with Crippen molar-refractivity contribution >= 4 is 11.7 Å². The van der Waals surface area contributed by atoms with Gasteiger partial charge in [-0.1, -0.05) is 47.5 Å². The van der Waals surface area contributed by atoms with Gasteiger partial charge in [0.1, 0.15) is 5.78 Å². The van der Waals surface area contributed by atoms with Crippen molar-refractivity contribution in [1.82, 2.24) is 4.90 Å². The van der Waals surface area contributed by atoms with Crippen molar-refractivity contribution in [2.75, 3.05) is 13.6 Å². The highest BCUT2D eigenvalue weighted by molar-refractivity contribution is 5.72. The second-order valence-electron chi connectivity index (χ2n) is 3.91. The van der Waals surface area contributed by atoms with Gasteiger partial charge in [-0.15, -0.1) is 0 Å². The molecule has 112 valence electrons. The molecule has 18 heavy (non-hydrogen) atoms. The van der Waals surface area contributed by atoms with Crippen LogP contribution in [0.2, 0.25) is 0 Å². The van der Waals surface area contributed by atoms with Crippen LogP contribution in [0.25, 0.3) is 0 Å².